The van der Waals surface area contributed by atoms with Gasteiger partial charge in [-0.15, -0.1) is 0 Å². The third-order valence-corrected chi connectivity index (χ3v) is 5.87. The molecule has 0 spiro atoms. The number of amides is 2. The van der Waals surface area contributed by atoms with Gasteiger partial charge in [0.2, 0.25) is 5.91 Å². The summed E-state index contributed by atoms with van der Waals surface area (Å²) in [6.07, 6.45) is 1.02. The van der Waals surface area contributed by atoms with Crippen LogP contribution in [0.2, 0.25) is 5.02 Å². The number of carbonyl (C=O) groups is 2. The normalized spacial score (nSPS) is 14.2. The highest BCUT2D eigenvalue weighted by Gasteiger charge is 2.25. The minimum absolute atomic E-state index is 0.104. The first-order chi connectivity index (χ1) is 15.8. The molecule has 0 atom stereocenters. The quantitative estimate of drug-likeness (QED) is 0.633. The van der Waals surface area contributed by atoms with E-state index >= 15 is 0 Å². The van der Waals surface area contributed by atoms with Crippen molar-refractivity contribution in [3.05, 3.63) is 50.9 Å². The zero-order valence-corrected chi connectivity index (χ0v) is 19.6. The summed E-state index contributed by atoms with van der Waals surface area (Å²) in [6, 6.07) is 6.78. The molecule has 33 heavy (non-hydrogen) atoms. The van der Waals surface area contributed by atoms with E-state index in [1.807, 2.05) is 0 Å². The van der Waals surface area contributed by atoms with Crippen LogP contribution in [0.4, 0.5) is 4.79 Å². The van der Waals surface area contributed by atoms with E-state index < -0.39 is 0 Å². The van der Waals surface area contributed by atoms with Crippen LogP contribution in [0, 0.1) is 6.92 Å². The standard InChI is InChI=1S/C23H29ClN4O5/c1-3-33-23(32)27-11-8-18(9-12-27)26-20(30)14-28-21(16-4-6-17(24)7-5-16)25-15(2)19(10-13-29)22(28)31/h4-7,18,29H,3,8-14H2,1-2H3,(H,26,30). The van der Waals surface area contributed by atoms with Crippen LogP contribution in [-0.2, 0) is 22.5 Å². The zero-order chi connectivity index (χ0) is 24.0. The molecule has 0 saturated carbocycles. The monoisotopic (exact) mass is 476 g/mol. The summed E-state index contributed by atoms with van der Waals surface area (Å²) < 4.78 is 6.36. The Morgan fingerprint density at radius 1 is 1.24 bits per heavy atom. The molecule has 0 bridgehead atoms. The van der Waals surface area contributed by atoms with E-state index in [-0.39, 0.29) is 43.2 Å². The van der Waals surface area contributed by atoms with E-state index in [2.05, 4.69) is 10.3 Å². The van der Waals surface area contributed by atoms with Crippen LogP contribution < -0.4 is 10.9 Å². The number of aromatic nitrogens is 2. The lowest BCUT2D eigenvalue weighted by molar-refractivity contribution is -0.122. The molecule has 2 heterocycles. The summed E-state index contributed by atoms with van der Waals surface area (Å²) in [6.45, 7) is 4.39. The number of nitrogens with zero attached hydrogens (tertiary/aromatic N) is 3. The van der Waals surface area contributed by atoms with Gasteiger partial charge in [-0.2, -0.15) is 0 Å². The van der Waals surface area contributed by atoms with E-state index in [4.69, 9.17) is 16.3 Å². The van der Waals surface area contributed by atoms with Crippen molar-refractivity contribution in [2.24, 2.45) is 0 Å². The van der Waals surface area contributed by atoms with E-state index in [0.29, 0.717) is 60.2 Å². The number of hydrogen-bond donors (Lipinski definition) is 2. The molecule has 1 aliphatic heterocycles. The summed E-state index contributed by atoms with van der Waals surface area (Å²) in [5, 5.41) is 12.9. The largest absolute Gasteiger partial charge is 0.450 e. The van der Waals surface area contributed by atoms with Crippen LogP contribution >= 0.6 is 11.6 Å². The minimum atomic E-state index is -0.353. The maximum atomic E-state index is 13.2. The van der Waals surface area contributed by atoms with Gasteiger partial charge in [0.1, 0.15) is 12.4 Å². The summed E-state index contributed by atoms with van der Waals surface area (Å²) in [7, 11) is 0. The highest BCUT2D eigenvalue weighted by molar-refractivity contribution is 6.30. The topological polar surface area (TPSA) is 114 Å². The average Bonchev–Trinajstić information content (AvgIpc) is 2.79. The van der Waals surface area contributed by atoms with Gasteiger partial charge in [0.05, 0.1) is 6.61 Å². The van der Waals surface area contributed by atoms with Crippen molar-refractivity contribution >= 4 is 23.6 Å². The number of piperidine rings is 1. The Balaban J connectivity index is 1.78. The number of likely N-dealkylation sites (tertiary alicyclic amines) is 1. The third-order valence-electron chi connectivity index (χ3n) is 5.62. The van der Waals surface area contributed by atoms with Crippen molar-refractivity contribution in [3.8, 4) is 11.4 Å². The molecular formula is C23H29ClN4O5. The summed E-state index contributed by atoms with van der Waals surface area (Å²) >= 11 is 5.99. The fraction of sp³-hybridized carbons (Fsp3) is 0.478. The van der Waals surface area contributed by atoms with E-state index in [1.165, 1.54) is 4.57 Å². The molecule has 2 N–H and O–H groups in total. The number of carbonyl (C=O) groups excluding carboxylic acids is 2. The molecule has 1 saturated heterocycles. The number of nitrogens with one attached hydrogen (secondary N) is 1. The number of aliphatic hydroxyl groups excluding tert-OH is 1. The van der Waals surface area contributed by atoms with Gasteiger partial charge in [-0.25, -0.2) is 9.78 Å². The molecular weight excluding hydrogens is 448 g/mol. The minimum Gasteiger partial charge on any atom is -0.450 e. The summed E-state index contributed by atoms with van der Waals surface area (Å²) in [5.74, 6) is 0.0469. The van der Waals surface area contributed by atoms with Crippen molar-refractivity contribution < 1.29 is 19.4 Å². The Labute approximate surface area is 197 Å². The molecule has 3 rings (SSSR count). The average molecular weight is 477 g/mol. The number of halogens is 1. The Bertz CT molecular complexity index is 1050. The van der Waals surface area contributed by atoms with Crippen molar-refractivity contribution in [1.82, 2.24) is 19.8 Å². The fourth-order valence-corrected chi connectivity index (χ4v) is 4.03. The van der Waals surface area contributed by atoms with Crippen LogP contribution in [-0.4, -0.2) is 63.9 Å². The molecule has 178 valence electrons. The van der Waals surface area contributed by atoms with Crippen LogP contribution in [0.3, 0.4) is 0 Å². The van der Waals surface area contributed by atoms with Gasteiger partial charge in [-0.05, 0) is 51.0 Å². The molecule has 2 amide bonds. The lowest BCUT2D eigenvalue weighted by Crippen LogP contribution is -2.48. The van der Waals surface area contributed by atoms with E-state index in [0.717, 1.165) is 0 Å². The second kappa shape index (κ2) is 11.3. The predicted molar refractivity (Wildman–Crippen MR) is 124 cm³/mol. The van der Waals surface area contributed by atoms with Crippen molar-refractivity contribution in [3.63, 3.8) is 0 Å². The highest BCUT2D eigenvalue weighted by atomic mass is 35.5. The Morgan fingerprint density at radius 3 is 2.52 bits per heavy atom. The van der Waals surface area contributed by atoms with Gasteiger partial charge < -0.3 is 20.1 Å². The number of rotatable bonds is 7. The second-order valence-corrected chi connectivity index (χ2v) is 8.34. The second-order valence-electron chi connectivity index (χ2n) is 7.90. The lowest BCUT2D eigenvalue weighted by Gasteiger charge is -2.31. The maximum absolute atomic E-state index is 13.2. The smallest absolute Gasteiger partial charge is 0.409 e. The molecule has 2 aromatic rings. The first kappa shape index (κ1) is 24.7. The number of hydrogen-bond acceptors (Lipinski definition) is 6. The number of benzene rings is 1. The van der Waals surface area contributed by atoms with Gasteiger partial charge in [0.25, 0.3) is 5.56 Å². The summed E-state index contributed by atoms with van der Waals surface area (Å²) in [4.78, 5) is 44.1. The summed E-state index contributed by atoms with van der Waals surface area (Å²) in [5.41, 5.74) is 1.20. The first-order valence-corrected chi connectivity index (χ1v) is 11.4. The molecule has 0 radical (unpaired) electrons. The zero-order valence-electron chi connectivity index (χ0n) is 18.8. The number of aryl methyl sites for hydroxylation is 1. The molecule has 1 aliphatic rings. The fourth-order valence-electron chi connectivity index (χ4n) is 3.90. The first-order valence-electron chi connectivity index (χ1n) is 11.0. The van der Waals surface area contributed by atoms with E-state index in [1.54, 1.807) is 43.0 Å². The van der Waals surface area contributed by atoms with Gasteiger partial charge in [-0.1, -0.05) is 11.6 Å². The van der Waals surface area contributed by atoms with Gasteiger partial charge in [-0.3, -0.25) is 14.2 Å². The van der Waals surface area contributed by atoms with Crippen LogP contribution in [0.5, 0.6) is 0 Å². The predicted octanol–water partition coefficient (Wildman–Crippen LogP) is 2.14. The van der Waals surface area contributed by atoms with Gasteiger partial charge in [0, 0.05) is 54.0 Å². The SMILES string of the molecule is CCOC(=O)N1CCC(NC(=O)Cn2c(-c3ccc(Cl)cc3)nc(C)c(CCO)c2=O)CC1. The highest BCUT2D eigenvalue weighted by Crippen LogP contribution is 2.20. The third kappa shape index (κ3) is 6.11. The van der Waals surface area contributed by atoms with Crippen LogP contribution in [0.15, 0.2) is 29.1 Å². The van der Waals surface area contributed by atoms with E-state index in [9.17, 15) is 19.5 Å². The number of aliphatic hydroxyl groups is 1. The van der Waals surface area contributed by atoms with Crippen molar-refractivity contribution in [2.45, 2.75) is 45.7 Å². The Morgan fingerprint density at radius 2 is 1.91 bits per heavy atom. The van der Waals surface area contributed by atoms with Gasteiger partial charge in [0.15, 0.2) is 0 Å². The Hall–Kier alpha value is -2.91. The molecule has 0 aliphatic carbocycles. The number of ether oxygens (including phenoxy) is 1. The lowest BCUT2D eigenvalue weighted by atomic mass is 10.1. The molecule has 9 nitrogen and oxygen atoms in total. The van der Waals surface area contributed by atoms with Crippen LogP contribution in [0.1, 0.15) is 31.0 Å². The molecule has 10 heteroatoms. The molecule has 1 aromatic carbocycles. The van der Waals surface area contributed by atoms with Gasteiger partial charge >= 0.3 is 6.09 Å². The van der Waals surface area contributed by atoms with Crippen molar-refractivity contribution in [1.29, 1.82) is 0 Å². The molecule has 1 fully saturated rings. The maximum Gasteiger partial charge on any atom is 0.409 e. The Kier molecular flexibility index (Phi) is 8.46. The molecule has 1 aromatic heterocycles. The molecule has 0 unspecified atom stereocenters. The van der Waals surface area contributed by atoms with Crippen molar-refractivity contribution in [2.75, 3.05) is 26.3 Å². The van der Waals surface area contributed by atoms with Crippen LogP contribution in [0.25, 0.3) is 11.4 Å².